The quantitative estimate of drug-likeness (QED) is 0.691. The second kappa shape index (κ2) is 7.43. The van der Waals surface area contributed by atoms with Crippen molar-refractivity contribution in [2.75, 3.05) is 12.4 Å². The molecule has 0 saturated carbocycles. The first-order valence-corrected chi connectivity index (χ1v) is 6.90. The van der Waals surface area contributed by atoms with E-state index >= 15 is 0 Å². The van der Waals surface area contributed by atoms with E-state index in [0.29, 0.717) is 11.3 Å². The van der Waals surface area contributed by atoms with E-state index in [1.54, 1.807) is 30.3 Å². The van der Waals surface area contributed by atoms with Gasteiger partial charge in [-0.1, -0.05) is 41.9 Å². The largest absolute Gasteiger partial charge is 0.465 e. The van der Waals surface area contributed by atoms with Crippen molar-refractivity contribution in [3.8, 4) is 0 Å². The number of benzene rings is 2. The van der Waals surface area contributed by atoms with Crippen molar-refractivity contribution >= 4 is 35.2 Å². The van der Waals surface area contributed by atoms with Crippen molar-refractivity contribution in [2.24, 2.45) is 0 Å². The Morgan fingerprint density at radius 2 is 1.68 bits per heavy atom. The van der Waals surface area contributed by atoms with Crippen molar-refractivity contribution in [1.82, 2.24) is 0 Å². The van der Waals surface area contributed by atoms with E-state index in [1.165, 1.54) is 7.11 Å². The van der Waals surface area contributed by atoms with Crippen molar-refractivity contribution in [2.45, 2.75) is 0 Å². The summed E-state index contributed by atoms with van der Waals surface area (Å²) in [5.74, 6) is -0.851. The molecule has 1 N–H and O–H groups in total. The monoisotopic (exact) mass is 315 g/mol. The maximum Gasteiger partial charge on any atom is 0.337 e. The molecule has 2 rings (SSSR count). The SMILES string of the molecule is COC(=O)c1ccc(NC(=O)C(Cl)=Cc2ccccc2)cc1. The summed E-state index contributed by atoms with van der Waals surface area (Å²) in [6.45, 7) is 0. The maximum atomic E-state index is 12.0. The summed E-state index contributed by atoms with van der Waals surface area (Å²) in [4.78, 5) is 23.3. The predicted molar refractivity (Wildman–Crippen MR) is 86.7 cm³/mol. The molecule has 5 heteroatoms. The van der Waals surface area contributed by atoms with Gasteiger partial charge in [0.05, 0.1) is 12.7 Å². The number of methoxy groups -OCH3 is 1. The summed E-state index contributed by atoms with van der Waals surface area (Å²) in [6, 6.07) is 15.6. The summed E-state index contributed by atoms with van der Waals surface area (Å²) < 4.78 is 4.61. The highest BCUT2D eigenvalue weighted by atomic mass is 35.5. The van der Waals surface area contributed by atoms with Gasteiger partial charge < -0.3 is 10.1 Å². The lowest BCUT2D eigenvalue weighted by Gasteiger charge is -2.05. The smallest absolute Gasteiger partial charge is 0.337 e. The molecule has 1 amide bonds. The molecule has 0 atom stereocenters. The zero-order chi connectivity index (χ0) is 15.9. The third kappa shape index (κ3) is 4.20. The highest BCUT2D eigenvalue weighted by Gasteiger charge is 2.09. The van der Waals surface area contributed by atoms with Crippen LogP contribution < -0.4 is 5.32 Å². The number of carbonyl (C=O) groups excluding carboxylic acids is 2. The second-order valence-electron chi connectivity index (χ2n) is 4.43. The van der Waals surface area contributed by atoms with Gasteiger partial charge in [0.25, 0.3) is 5.91 Å². The predicted octanol–water partition coefficient (Wildman–Crippen LogP) is 3.69. The Hall–Kier alpha value is -2.59. The van der Waals surface area contributed by atoms with Gasteiger partial charge in [0.1, 0.15) is 5.03 Å². The summed E-state index contributed by atoms with van der Waals surface area (Å²) >= 11 is 5.99. The number of hydrogen-bond acceptors (Lipinski definition) is 3. The van der Waals surface area contributed by atoms with Gasteiger partial charge in [-0.05, 0) is 35.9 Å². The van der Waals surface area contributed by atoms with Crippen LogP contribution in [0.4, 0.5) is 5.69 Å². The molecule has 2 aromatic rings. The van der Waals surface area contributed by atoms with Crippen molar-refractivity contribution < 1.29 is 14.3 Å². The lowest BCUT2D eigenvalue weighted by Crippen LogP contribution is -2.11. The molecule has 112 valence electrons. The molecule has 0 aliphatic carbocycles. The molecule has 0 radical (unpaired) electrons. The summed E-state index contributed by atoms with van der Waals surface area (Å²) in [5, 5.41) is 2.73. The fourth-order valence-electron chi connectivity index (χ4n) is 1.76. The summed E-state index contributed by atoms with van der Waals surface area (Å²) in [5.41, 5.74) is 1.78. The van der Waals surface area contributed by atoms with E-state index in [0.717, 1.165) is 5.56 Å². The number of nitrogens with one attached hydrogen (secondary N) is 1. The Bertz CT molecular complexity index is 694. The van der Waals surface area contributed by atoms with E-state index in [-0.39, 0.29) is 5.03 Å². The maximum absolute atomic E-state index is 12.0. The number of halogens is 1. The number of esters is 1. The van der Waals surface area contributed by atoms with Crippen LogP contribution in [0, 0.1) is 0 Å². The number of rotatable bonds is 4. The minimum atomic E-state index is -0.431. The number of hydrogen-bond donors (Lipinski definition) is 1. The van der Waals surface area contributed by atoms with Gasteiger partial charge in [-0.2, -0.15) is 0 Å². The van der Waals surface area contributed by atoms with E-state index in [1.807, 2.05) is 30.3 Å². The first kappa shape index (κ1) is 15.8. The summed E-state index contributed by atoms with van der Waals surface area (Å²) in [6.07, 6.45) is 1.58. The van der Waals surface area contributed by atoms with Crippen LogP contribution in [0.3, 0.4) is 0 Å². The van der Waals surface area contributed by atoms with Crippen LogP contribution in [0.2, 0.25) is 0 Å². The van der Waals surface area contributed by atoms with E-state index in [2.05, 4.69) is 10.1 Å². The van der Waals surface area contributed by atoms with E-state index in [4.69, 9.17) is 11.6 Å². The van der Waals surface area contributed by atoms with Crippen LogP contribution >= 0.6 is 11.6 Å². The zero-order valence-corrected chi connectivity index (χ0v) is 12.6. The van der Waals surface area contributed by atoms with Crippen LogP contribution in [0.25, 0.3) is 6.08 Å². The Balaban J connectivity index is 2.05. The molecule has 22 heavy (non-hydrogen) atoms. The molecule has 0 saturated heterocycles. The van der Waals surface area contributed by atoms with Crippen LogP contribution in [0.1, 0.15) is 15.9 Å². The average Bonchev–Trinajstić information content (AvgIpc) is 2.55. The van der Waals surface area contributed by atoms with Crippen molar-refractivity contribution in [3.05, 3.63) is 70.8 Å². The molecule has 0 aliphatic rings. The number of anilines is 1. The van der Waals surface area contributed by atoms with Crippen LogP contribution in [-0.4, -0.2) is 19.0 Å². The van der Waals surface area contributed by atoms with E-state index < -0.39 is 11.9 Å². The molecule has 0 spiro atoms. The second-order valence-corrected chi connectivity index (χ2v) is 4.83. The number of amides is 1. The van der Waals surface area contributed by atoms with Gasteiger partial charge in [0.15, 0.2) is 0 Å². The standard InChI is InChI=1S/C17H14ClNO3/c1-22-17(21)13-7-9-14(10-8-13)19-16(20)15(18)11-12-5-3-2-4-6-12/h2-11H,1H3,(H,19,20). The average molecular weight is 316 g/mol. The third-order valence-electron chi connectivity index (χ3n) is 2.87. The van der Waals surface area contributed by atoms with Gasteiger partial charge in [-0.3, -0.25) is 4.79 Å². The fourth-order valence-corrected chi connectivity index (χ4v) is 1.93. The van der Waals surface area contributed by atoms with Gasteiger partial charge in [-0.15, -0.1) is 0 Å². The van der Waals surface area contributed by atoms with Crippen LogP contribution in [0.15, 0.2) is 59.6 Å². The van der Waals surface area contributed by atoms with Gasteiger partial charge >= 0.3 is 5.97 Å². The highest BCUT2D eigenvalue weighted by Crippen LogP contribution is 2.15. The molecule has 4 nitrogen and oxygen atoms in total. The molecule has 0 heterocycles. The molecular formula is C17H14ClNO3. The minimum absolute atomic E-state index is 0.0724. The lowest BCUT2D eigenvalue weighted by atomic mass is 10.2. The third-order valence-corrected chi connectivity index (χ3v) is 3.15. The highest BCUT2D eigenvalue weighted by molar-refractivity contribution is 6.45. The molecule has 0 bridgehead atoms. The topological polar surface area (TPSA) is 55.4 Å². The molecular weight excluding hydrogens is 302 g/mol. The minimum Gasteiger partial charge on any atom is -0.465 e. The number of ether oxygens (including phenoxy) is 1. The van der Waals surface area contributed by atoms with Gasteiger partial charge in [0, 0.05) is 5.69 Å². The Kier molecular flexibility index (Phi) is 5.33. The number of carbonyl (C=O) groups is 2. The Morgan fingerprint density at radius 3 is 2.27 bits per heavy atom. The Morgan fingerprint density at radius 1 is 1.05 bits per heavy atom. The van der Waals surface area contributed by atoms with Crippen molar-refractivity contribution in [3.63, 3.8) is 0 Å². The molecule has 2 aromatic carbocycles. The molecule has 0 fully saturated rings. The van der Waals surface area contributed by atoms with Crippen LogP contribution in [-0.2, 0) is 9.53 Å². The lowest BCUT2D eigenvalue weighted by molar-refractivity contribution is -0.112. The molecule has 0 aromatic heterocycles. The Labute approximate surface area is 133 Å². The fraction of sp³-hybridized carbons (Fsp3) is 0.0588. The van der Waals surface area contributed by atoms with E-state index in [9.17, 15) is 9.59 Å². The molecule has 0 unspecified atom stereocenters. The summed E-state index contributed by atoms with van der Waals surface area (Å²) in [7, 11) is 1.31. The zero-order valence-electron chi connectivity index (χ0n) is 11.9. The first-order valence-electron chi connectivity index (χ1n) is 6.52. The normalized spacial score (nSPS) is 10.9. The van der Waals surface area contributed by atoms with Gasteiger partial charge in [0.2, 0.25) is 0 Å². The van der Waals surface area contributed by atoms with Crippen LogP contribution in [0.5, 0.6) is 0 Å². The van der Waals surface area contributed by atoms with Gasteiger partial charge in [-0.25, -0.2) is 4.79 Å². The first-order chi connectivity index (χ1) is 10.6. The molecule has 0 aliphatic heterocycles. The van der Waals surface area contributed by atoms with Crippen molar-refractivity contribution in [1.29, 1.82) is 0 Å².